The Hall–Kier alpha value is -2.52. The van der Waals surface area contributed by atoms with E-state index in [0.717, 1.165) is 23.2 Å². The normalized spacial score (nSPS) is 10.6. The van der Waals surface area contributed by atoms with Gasteiger partial charge in [-0.15, -0.1) is 0 Å². The van der Waals surface area contributed by atoms with Crippen molar-refractivity contribution in [3.05, 3.63) is 76.5 Å². The van der Waals surface area contributed by atoms with E-state index in [0.29, 0.717) is 22.1 Å². The molecule has 4 heteroatoms. The lowest BCUT2D eigenvalue weighted by Crippen LogP contribution is -2.13. The predicted octanol–water partition coefficient (Wildman–Crippen LogP) is 5.72. The largest absolute Gasteiger partial charge is 0.460 e. The summed E-state index contributed by atoms with van der Waals surface area (Å²) < 4.78 is 5.75. The van der Waals surface area contributed by atoms with Gasteiger partial charge in [0.05, 0.1) is 10.6 Å². The van der Waals surface area contributed by atoms with E-state index in [1.807, 2.05) is 42.5 Å². The van der Waals surface area contributed by atoms with Gasteiger partial charge in [-0.05, 0) is 43.2 Å². The zero-order chi connectivity index (χ0) is 17.1. The van der Waals surface area contributed by atoms with E-state index >= 15 is 0 Å². The third kappa shape index (κ3) is 3.22. The summed E-state index contributed by atoms with van der Waals surface area (Å²) in [6, 6.07) is 16.9. The first-order valence-electron chi connectivity index (χ1n) is 7.84. The van der Waals surface area contributed by atoms with Crippen LogP contribution < -0.4 is 5.32 Å². The Kier molecular flexibility index (Phi) is 4.72. The van der Waals surface area contributed by atoms with Crippen molar-refractivity contribution in [2.75, 3.05) is 5.32 Å². The number of furan rings is 1. The highest BCUT2D eigenvalue weighted by atomic mass is 35.5. The Morgan fingerprint density at radius 1 is 1.12 bits per heavy atom. The van der Waals surface area contributed by atoms with Crippen LogP contribution in [0.15, 0.2) is 59.0 Å². The Morgan fingerprint density at radius 3 is 2.58 bits per heavy atom. The van der Waals surface area contributed by atoms with E-state index in [1.54, 1.807) is 19.1 Å². The molecule has 0 aliphatic heterocycles. The maximum atomic E-state index is 12.6. The highest BCUT2D eigenvalue weighted by Gasteiger charge is 2.18. The van der Waals surface area contributed by atoms with E-state index in [-0.39, 0.29) is 5.91 Å². The van der Waals surface area contributed by atoms with Gasteiger partial charge in [-0.3, -0.25) is 4.79 Å². The first-order chi connectivity index (χ1) is 11.6. The minimum absolute atomic E-state index is 0.185. The fourth-order valence-electron chi connectivity index (χ4n) is 2.64. The highest BCUT2D eigenvalue weighted by Crippen LogP contribution is 2.31. The molecule has 0 fully saturated rings. The molecule has 0 saturated carbocycles. The lowest BCUT2D eigenvalue weighted by Gasteiger charge is -2.08. The number of para-hydroxylation sites is 1. The number of amides is 1. The molecule has 0 radical (unpaired) electrons. The Labute approximate surface area is 146 Å². The highest BCUT2D eigenvalue weighted by molar-refractivity contribution is 6.33. The number of hydrogen-bond acceptors (Lipinski definition) is 2. The third-order valence-electron chi connectivity index (χ3n) is 3.95. The lowest BCUT2D eigenvalue weighted by atomic mass is 10.1. The number of benzene rings is 2. The maximum Gasteiger partial charge on any atom is 0.259 e. The summed E-state index contributed by atoms with van der Waals surface area (Å²) in [6.45, 7) is 3.84. The second-order valence-electron chi connectivity index (χ2n) is 5.53. The van der Waals surface area contributed by atoms with Crippen molar-refractivity contribution in [3.8, 4) is 11.3 Å². The van der Waals surface area contributed by atoms with Crippen LogP contribution in [-0.2, 0) is 6.42 Å². The number of aryl methyl sites for hydroxylation is 2. The molecular weight excluding hydrogens is 322 g/mol. The minimum Gasteiger partial charge on any atom is -0.460 e. The quantitative estimate of drug-likeness (QED) is 0.660. The van der Waals surface area contributed by atoms with Crippen LogP contribution in [0.1, 0.15) is 28.6 Å². The summed E-state index contributed by atoms with van der Waals surface area (Å²) in [4.78, 5) is 12.6. The maximum absolute atomic E-state index is 12.6. The van der Waals surface area contributed by atoms with Crippen LogP contribution in [0.3, 0.4) is 0 Å². The van der Waals surface area contributed by atoms with Gasteiger partial charge in [0.2, 0.25) is 0 Å². The first kappa shape index (κ1) is 16.3. The van der Waals surface area contributed by atoms with Gasteiger partial charge in [0, 0.05) is 11.3 Å². The number of halogens is 1. The van der Waals surface area contributed by atoms with Gasteiger partial charge < -0.3 is 9.73 Å². The van der Waals surface area contributed by atoms with Gasteiger partial charge in [0.25, 0.3) is 5.91 Å². The smallest absolute Gasteiger partial charge is 0.259 e. The molecule has 1 amide bonds. The molecule has 3 aromatic rings. The van der Waals surface area contributed by atoms with Crippen LogP contribution in [0.2, 0.25) is 5.02 Å². The van der Waals surface area contributed by atoms with Gasteiger partial charge in [-0.25, -0.2) is 0 Å². The Morgan fingerprint density at radius 2 is 1.83 bits per heavy atom. The van der Waals surface area contributed by atoms with E-state index in [1.165, 1.54) is 0 Å². The standard InChI is InChI=1S/C20H18ClNO2/c1-3-14-8-4-7-11-18(14)22-20(23)16-12-19(24-13(16)2)15-9-5-6-10-17(15)21/h4-12H,3H2,1-2H3,(H,22,23). The van der Waals surface area contributed by atoms with Crippen molar-refractivity contribution in [2.24, 2.45) is 0 Å². The minimum atomic E-state index is -0.185. The zero-order valence-electron chi connectivity index (χ0n) is 13.6. The Balaban J connectivity index is 1.90. The van der Waals surface area contributed by atoms with Crippen LogP contribution in [0.5, 0.6) is 0 Å². The number of carbonyl (C=O) groups is 1. The molecule has 1 N–H and O–H groups in total. The molecule has 0 aliphatic carbocycles. The summed E-state index contributed by atoms with van der Waals surface area (Å²) in [7, 11) is 0. The third-order valence-corrected chi connectivity index (χ3v) is 4.28. The van der Waals surface area contributed by atoms with Crippen LogP contribution in [0, 0.1) is 6.92 Å². The van der Waals surface area contributed by atoms with E-state index < -0.39 is 0 Å². The molecule has 24 heavy (non-hydrogen) atoms. The molecule has 1 heterocycles. The van der Waals surface area contributed by atoms with Crippen LogP contribution >= 0.6 is 11.6 Å². The summed E-state index contributed by atoms with van der Waals surface area (Å²) in [5.74, 6) is 0.971. The molecular formula is C20H18ClNO2. The molecule has 3 nitrogen and oxygen atoms in total. The summed E-state index contributed by atoms with van der Waals surface area (Å²) in [6.07, 6.45) is 0.853. The second-order valence-corrected chi connectivity index (χ2v) is 5.93. The molecule has 0 bridgehead atoms. The zero-order valence-corrected chi connectivity index (χ0v) is 14.4. The number of nitrogens with one attached hydrogen (secondary N) is 1. The second kappa shape index (κ2) is 6.93. The SMILES string of the molecule is CCc1ccccc1NC(=O)c1cc(-c2ccccc2Cl)oc1C. The number of hydrogen-bond donors (Lipinski definition) is 1. The molecule has 1 aromatic heterocycles. The van der Waals surface area contributed by atoms with Gasteiger partial charge in [0.15, 0.2) is 0 Å². The average Bonchev–Trinajstić information content (AvgIpc) is 2.97. The molecule has 0 atom stereocenters. The van der Waals surface area contributed by atoms with Crippen molar-refractivity contribution in [1.29, 1.82) is 0 Å². The molecule has 0 saturated heterocycles. The number of anilines is 1. The fraction of sp³-hybridized carbons (Fsp3) is 0.150. The van der Waals surface area contributed by atoms with Crippen LogP contribution in [0.4, 0.5) is 5.69 Å². The van der Waals surface area contributed by atoms with Crippen molar-refractivity contribution < 1.29 is 9.21 Å². The van der Waals surface area contributed by atoms with E-state index in [2.05, 4.69) is 12.2 Å². The van der Waals surface area contributed by atoms with Crippen molar-refractivity contribution in [3.63, 3.8) is 0 Å². The van der Waals surface area contributed by atoms with Gasteiger partial charge >= 0.3 is 0 Å². The summed E-state index contributed by atoms with van der Waals surface area (Å²) in [5.41, 5.74) is 3.20. The first-order valence-corrected chi connectivity index (χ1v) is 8.22. The molecule has 3 rings (SSSR count). The Bertz CT molecular complexity index is 883. The van der Waals surface area contributed by atoms with Gasteiger partial charge in [-0.2, -0.15) is 0 Å². The van der Waals surface area contributed by atoms with Gasteiger partial charge in [0.1, 0.15) is 11.5 Å². The van der Waals surface area contributed by atoms with Gasteiger partial charge in [-0.1, -0.05) is 48.9 Å². The molecule has 122 valence electrons. The average molecular weight is 340 g/mol. The monoisotopic (exact) mass is 339 g/mol. The molecule has 2 aromatic carbocycles. The summed E-state index contributed by atoms with van der Waals surface area (Å²) in [5, 5.41) is 3.56. The number of rotatable bonds is 4. The van der Waals surface area contributed by atoms with E-state index in [4.69, 9.17) is 16.0 Å². The molecule has 0 aliphatic rings. The van der Waals surface area contributed by atoms with Crippen molar-refractivity contribution in [2.45, 2.75) is 20.3 Å². The van der Waals surface area contributed by atoms with Crippen molar-refractivity contribution in [1.82, 2.24) is 0 Å². The van der Waals surface area contributed by atoms with E-state index in [9.17, 15) is 4.79 Å². The molecule has 0 unspecified atom stereocenters. The fourth-order valence-corrected chi connectivity index (χ4v) is 2.87. The van der Waals surface area contributed by atoms with Crippen LogP contribution in [0.25, 0.3) is 11.3 Å². The summed E-state index contributed by atoms with van der Waals surface area (Å²) >= 11 is 6.21. The number of carbonyl (C=O) groups excluding carboxylic acids is 1. The predicted molar refractivity (Wildman–Crippen MR) is 97.7 cm³/mol. The molecule has 0 spiro atoms. The van der Waals surface area contributed by atoms with Crippen LogP contribution in [-0.4, -0.2) is 5.91 Å². The lowest BCUT2D eigenvalue weighted by molar-refractivity contribution is 0.102. The van der Waals surface area contributed by atoms with Crippen molar-refractivity contribution >= 4 is 23.2 Å². The topological polar surface area (TPSA) is 42.2 Å².